The van der Waals surface area contributed by atoms with E-state index in [2.05, 4.69) is 10.5 Å². The maximum Gasteiger partial charge on any atom is 0.148 e. The molecule has 5 nitrogen and oxygen atoms in total. The second-order valence-electron chi connectivity index (χ2n) is 6.47. The lowest BCUT2D eigenvalue weighted by Crippen LogP contribution is -2.31. The van der Waals surface area contributed by atoms with Crippen LogP contribution in [-0.2, 0) is 23.5 Å². The van der Waals surface area contributed by atoms with E-state index in [4.69, 9.17) is 15.3 Å². The SMILES string of the molecule is Nc1ncccc1C1(Cc2ccc(OCc3ccccc3)cc2)C=CNO1. The van der Waals surface area contributed by atoms with Crippen LogP contribution in [0.3, 0.4) is 0 Å². The quantitative estimate of drug-likeness (QED) is 0.702. The first-order valence-electron chi connectivity index (χ1n) is 8.83. The fourth-order valence-electron chi connectivity index (χ4n) is 3.20. The molecule has 0 saturated carbocycles. The minimum absolute atomic E-state index is 0.466. The fourth-order valence-corrected chi connectivity index (χ4v) is 3.20. The van der Waals surface area contributed by atoms with Gasteiger partial charge in [0, 0.05) is 24.4 Å². The summed E-state index contributed by atoms with van der Waals surface area (Å²) in [5.41, 5.74) is 11.3. The average Bonchev–Trinajstić information content (AvgIpc) is 3.18. The number of pyridine rings is 1. The molecule has 0 amide bonds. The molecule has 4 rings (SSSR count). The Morgan fingerprint density at radius 3 is 2.48 bits per heavy atom. The molecule has 2 heterocycles. The molecule has 1 aliphatic heterocycles. The molecule has 3 N–H and O–H groups in total. The van der Waals surface area contributed by atoms with Gasteiger partial charge >= 0.3 is 0 Å². The van der Waals surface area contributed by atoms with Crippen LogP contribution < -0.4 is 16.0 Å². The lowest BCUT2D eigenvalue weighted by Gasteiger charge is -2.27. The second-order valence-corrected chi connectivity index (χ2v) is 6.47. The highest BCUT2D eigenvalue weighted by Gasteiger charge is 2.36. The van der Waals surface area contributed by atoms with Crippen molar-refractivity contribution >= 4 is 5.82 Å². The zero-order chi connectivity index (χ0) is 18.5. The molecule has 136 valence electrons. The van der Waals surface area contributed by atoms with E-state index < -0.39 is 5.60 Å². The number of aromatic nitrogens is 1. The van der Waals surface area contributed by atoms with Gasteiger partial charge < -0.3 is 10.5 Å². The third-order valence-corrected chi connectivity index (χ3v) is 4.59. The zero-order valence-electron chi connectivity index (χ0n) is 14.8. The highest BCUT2D eigenvalue weighted by atomic mass is 16.7. The van der Waals surface area contributed by atoms with Crippen LogP contribution in [0.25, 0.3) is 0 Å². The van der Waals surface area contributed by atoms with Crippen molar-refractivity contribution in [1.29, 1.82) is 0 Å². The van der Waals surface area contributed by atoms with E-state index in [-0.39, 0.29) is 0 Å². The standard InChI is InChI=1S/C22H21N3O2/c23-21-20(7-4-13-24-21)22(12-14-25-27-22)15-17-8-10-19(11-9-17)26-16-18-5-2-1-3-6-18/h1-14,25H,15-16H2,(H2,23,24). The molecule has 2 aromatic carbocycles. The summed E-state index contributed by atoms with van der Waals surface area (Å²) in [5, 5.41) is 0. The topological polar surface area (TPSA) is 69.4 Å². The van der Waals surface area contributed by atoms with Crippen molar-refractivity contribution < 1.29 is 9.57 Å². The Hall–Kier alpha value is -3.31. The number of nitrogens with two attached hydrogens (primary N) is 1. The number of nitrogens with zero attached hydrogens (tertiary/aromatic N) is 1. The van der Waals surface area contributed by atoms with E-state index in [1.165, 1.54) is 0 Å². The molecule has 1 aromatic heterocycles. The Kier molecular flexibility index (Phi) is 4.77. The van der Waals surface area contributed by atoms with Crippen molar-refractivity contribution in [2.45, 2.75) is 18.6 Å². The van der Waals surface area contributed by atoms with Crippen LogP contribution in [-0.4, -0.2) is 4.98 Å². The highest BCUT2D eigenvalue weighted by Crippen LogP contribution is 2.36. The summed E-state index contributed by atoms with van der Waals surface area (Å²) in [4.78, 5) is 10.0. The Morgan fingerprint density at radius 2 is 1.78 bits per heavy atom. The molecule has 1 atom stereocenters. The van der Waals surface area contributed by atoms with Crippen molar-refractivity contribution in [3.63, 3.8) is 0 Å². The number of nitrogen functional groups attached to an aromatic ring is 1. The van der Waals surface area contributed by atoms with E-state index in [0.29, 0.717) is 18.8 Å². The van der Waals surface area contributed by atoms with E-state index >= 15 is 0 Å². The Morgan fingerprint density at radius 1 is 0.963 bits per heavy atom. The molecule has 0 bridgehead atoms. The van der Waals surface area contributed by atoms with Gasteiger partial charge in [0.1, 0.15) is 23.8 Å². The molecule has 1 unspecified atom stereocenters. The van der Waals surface area contributed by atoms with Gasteiger partial charge in [0.2, 0.25) is 0 Å². The third kappa shape index (κ3) is 3.78. The van der Waals surface area contributed by atoms with Crippen LogP contribution in [0.15, 0.2) is 85.2 Å². The summed E-state index contributed by atoms with van der Waals surface area (Å²) < 4.78 is 5.86. The number of benzene rings is 2. The number of nitrogens with one attached hydrogen (secondary N) is 1. The van der Waals surface area contributed by atoms with Crippen LogP contribution in [0.2, 0.25) is 0 Å². The first-order chi connectivity index (χ1) is 13.3. The van der Waals surface area contributed by atoms with Gasteiger partial charge in [-0.25, -0.2) is 4.98 Å². The summed E-state index contributed by atoms with van der Waals surface area (Å²) in [6, 6.07) is 22.0. The molecule has 0 radical (unpaired) electrons. The second kappa shape index (κ2) is 7.51. The van der Waals surface area contributed by atoms with Crippen LogP contribution in [0.4, 0.5) is 5.82 Å². The first kappa shape index (κ1) is 17.1. The van der Waals surface area contributed by atoms with Gasteiger partial charge in [0.25, 0.3) is 0 Å². The highest BCUT2D eigenvalue weighted by molar-refractivity contribution is 5.47. The molecule has 1 aliphatic rings. The summed E-state index contributed by atoms with van der Waals surface area (Å²) >= 11 is 0. The van der Waals surface area contributed by atoms with Gasteiger partial charge in [-0.15, -0.1) is 0 Å². The molecule has 27 heavy (non-hydrogen) atoms. The van der Waals surface area contributed by atoms with E-state index in [0.717, 1.165) is 22.4 Å². The Balaban J connectivity index is 1.48. The van der Waals surface area contributed by atoms with Crippen LogP contribution in [0.1, 0.15) is 16.7 Å². The minimum atomic E-state index is -0.676. The van der Waals surface area contributed by atoms with Gasteiger partial charge in [0.15, 0.2) is 0 Å². The molecule has 0 saturated heterocycles. The molecule has 0 spiro atoms. The van der Waals surface area contributed by atoms with Crippen molar-refractivity contribution in [3.05, 3.63) is 102 Å². The summed E-state index contributed by atoms with van der Waals surface area (Å²) in [7, 11) is 0. The third-order valence-electron chi connectivity index (χ3n) is 4.59. The summed E-state index contributed by atoms with van der Waals surface area (Å²) in [6.45, 7) is 0.548. The summed E-state index contributed by atoms with van der Waals surface area (Å²) in [5.74, 6) is 1.30. The van der Waals surface area contributed by atoms with Crippen LogP contribution in [0, 0.1) is 0 Å². The molecule has 0 fully saturated rings. The normalized spacial score (nSPS) is 18.2. The molecular formula is C22H21N3O2. The molecule has 0 aliphatic carbocycles. The van der Waals surface area contributed by atoms with Crippen molar-refractivity contribution in [2.75, 3.05) is 5.73 Å². The van der Waals surface area contributed by atoms with Crippen molar-refractivity contribution in [1.82, 2.24) is 10.5 Å². The number of rotatable bonds is 6. The van der Waals surface area contributed by atoms with Crippen molar-refractivity contribution in [3.8, 4) is 5.75 Å². The number of hydrogen-bond acceptors (Lipinski definition) is 5. The molecule has 5 heteroatoms. The predicted molar refractivity (Wildman–Crippen MR) is 105 cm³/mol. The maximum absolute atomic E-state index is 6.09. The van der Waals surface area contributed by atoms with E-state index in [1.54, 1.807) is 12.4 Å². The monoisotopic (exact) mass is 359 g/mol. The molecular weight excluding hydrogens is 338 g/mol. The molecule has 3 aromatic rings. The Bertz CT molecular complexity index is 926. The number of ether oxygens (including phenoxy) is 1. The predicted octanol–water partition coefficient (Wildman–Crippen LogP) is 3.73. The number of anilines is 1. The van der Waals surface area contributed by atoms with Crippen LogP contribution in [0.5, 0.6) is 5.75 Å². The van der Waals surface area contributed by atoms with Crippen LogP contribution >= 0.6 is 0 Å². The Labute approximate surface area is 158 Å². The minimum Gasteiger partial charge on any atom is -0.489 e. The zero-order valence-corrected chi connectivity index (χ0v) is 14.8. The van der Waals surface area contributed by atoms with Gasteiger partial charge in [-0.1, -0.05) is 48.5 Å². The van der Waals surface area contributed by atoms with Gasteiger partial charge in [-0.2, -0.15) is 0 Å². The van der Waals surface area contributed by atoms with E-state index in [9.17, 15) is 0 Å². The number of hydrogen-bond donors (Lipinski definition) is 2. The maximum atomic E-state index is 6.09. The lowest BCUT2D eigenvalue weighted by molar-refractivity contribution is -0.0404. The van der Waals surface area contributed by atoms with Gasteiger partial charge in [-0.3, -0.25) is 10.3 Å². The number of hydroxylamine groups is 1. The summed E-state index contributed by atoms with van der Waals surface area (Å²) in [6.07, 6.45) is 6.06. The smallest absolute Gasteiger partial charge is 0.148 e. The van der Waals surface area contributed by atoms with Gasteiger partial charge in [0.05, 0.1) is 0 Å². The lowest BCUT2D eigenvalue weighted by atomic mass is 9.87. The average molecular weight is 359 g/mol. The largest absolute Gasteiger partial charge is 0.489 e. The fraction of sp³-hybridized carbons (Fsp3) is 0.136. The van der Waals surface area contributed by atoms with Crippen molar-refractivity contribution in [2.24, 2.45) is 0 Å². The van der Waals surface area contributed by atoms with Gasteiger partial charge in [-0.05, 0) is 35.4 Å². The first-order valence-corrected chi connectivity index (χ1v) is 8.83. The van der Waals surface area contributed by atoms with E-state index in [1.807, 2.05) is 72.8 Å².